The van der Waals surface area contributed by atoms with Crippen molar-refractivity contribution in [3.8, 4) is 5.75 Å². The first kappa shape index (κ1) is 17.8. The van der Waals surface area contributed by atoms with Gasteiger partial charge in [-0.2, -0.15) is 0 Å². The van der Waals surface area contributed by atoms with E-state index in [1.807, 2.05) is 51.1 Å². The number of urea groups is 1. The van der Waals surface area contributed by atoms with Gasteiger partial charge in [-0.1, -0.05) is 18.2 Å². The third-order valence-electron chi connectivity index (χ3n) is 4.27. The van der Waals surface area contributed by atoms with Crippen molar-refractivity contribution in [2.45, 2.75) is 20.8 Å². The first-order chi connectivity index (χ1) is 12.4. The molecule has 0 fully saturated rings. The number of rotatable bonds is 3. The third-order valence-corrected chi connectivity index (χ3v) is 4.27. The van der Waals surface area contributed by atoms with Gasteiger partial charge in [-0.05, 0) is 51.1 Å². The fourth-order valence-electron chi connectivity index (χ4n) is 2.85. The second-order valence-electron chi connectivity index (χ2n) is 6.85. The average Bonchev–Trinajstić information content (AvgIpc) is 2.70. The Morgan fingerprint density at radius 1 is 1.12 bits per heavy atom. The van der Waals surface area contributed by atoms with Gasteiger partial charge in [0.15, 0.2) is 0 Å². The predicted octanol–water partition coefficient (Wildman–Crippen LogP) is 4.10. The topological polar surface area (TPSA) is 70.7 Å². The summed E-state index contributed by atoms with van der Waals surface area (Å²) in [4.78, 5) is 26.7. The van der Waals surface area contributed by atoms with E-state index in [2.05, 4.69) is 10.6 Å². The van der Waals surface area contributed by atoms with Crippen LogP contribution in [0.2, 0.25) is 0 Å². The van der Waals surface area contributed by atoms with Gasteiger partial charge in [0, 0.05) is 17.9 Å². The third kappa shape index (κ3) is 3.64. The number of anilines is 3. The molecule has 0 bridgehead atoms. The van der Waals surface area contributed by atoms with Crippen LogP contribution in [0.4, 0.5) is 21.9 Å². The fourth-order valence-corrected chi connectivity index (χ4v) is 2.85. The maximum absolute atomic E-state index is 12.8. The Hall–Kier alpha value is -3.02. The molecule has 6 nitrogen and oxygen atoms in total. The average molecular weight is 353 g/mol. The van der Waals surface area contributed by atoms with Crippen molar-refractivity contribution in [2.75, 3.05) is 28.7 Å². The van der Waals surface area contributed by atoms with Gasteiger partial charge in [0.25, 0.3) is 0 Å². The van der Waals surface area contributed by atoms with Crippen LogP contribution in [0, 0.1) is 5.41 Å². The van der Waals surface area contributed by atoms with E-state index in [9.17, 15) is 9.59 Å². The summed E-state index contributed by atoms with van der Waals surface area (Å²) in [7, 11) is 0. The molecule has 1 aliphatic rings. The number of nitrogens with one attached hydrogen (secondary N) is 2. The lowest BCUT2D eigenvalue weighted by atomic mass is 9.93. The molecule has 3 rings (SSSR count). The van der Waals surface area contributed by atoms with Crippen LogP contribution in [0.3, 0.4) is 0 Å². The number of amides is 3. The molecular formula is C20H23N3O3. The zero-order valence-electron chi connectivity index (χ0n) is 15.2. The summed E-state index contributed by atoms with van der Waals surface area (Å²) < 4.78 is 5.83. The molecule has 0 aromatic heterocycles. The smallest absolute Gasteiger partial charge is 0.323 e. The number of nitrogens with zero attached hydrogens (tertiary/aromatic N) is 1. The van der Waals surface area contributed by atoms with Gasteiger partial charge in [0.1, 0.15) is 12.4 Å². The number of para-hydroxylation sites is 1. The van der Waals surface area contributed by atoms with Gasteiger partial charge in [-0.15, -0.1) is 0 Å². The van der Waals surface area contributed by atoms with Gasteiger partial charge in [-0.25, -0.2) is 4.79 Å². The lowest BCUT2D eigenvalue weighted by molar-refractivity contribution is -0.127. The number of fused-ring (bicyclic) bond motifs is 1. The first-order valence-electron chi connectivity index (χ1n) is 8.62. The monoisotopic (exact) mass is 353 g/mol. The van der Waals surface area contributed by atoms with Crippen molar-refractivity contribution in [1.82, 2.24) is 0 Å². The molecule has 1 aliphatic heterocycles. The van der Waals surface area contributed by atoms with E-state index >= 15 is 0 Å². The summed E-state index contributed by atoms with van der Waals surface area (Å²) in [6.07, 6.45) is 0. The molecule has 2 aromatic rings. The molecule has 0 radical (unpaired) electrons. The lowest BCUT2D eigenvalue weighted by Crippen LogP contribution is -2.42. The number of hydrogen-bond donors (Lipinski definition) is 2. The Kier molecular flexibility index (Phi) is 4.84. The molecule has 26 heavy (non-hydrogen) atoms. The van der Waals surface area contributed by atoms with Gasteiger partial charge in [-0.3, -0.25) is 4.79 Å². The van der Waals surface area contributed by atoms with Crippen LogP contribution in [0.1, 0.15) is 20.8 Å². The van der Waals surface area contributed by atoms with E-state index in [1.165, 1.54) is 0 Å². The highest BCUT2D eigenvalue weighted by Crippen LogP contribution is 2.38. The molecule has 0 aliphatic carbocycles. The number of benzene rings is 2. The van der Waals surface area contributed by atoms with Crippen molar-refractivity contribution < 1.29 is 14.3 Å². The summed E-state index contributed by atoms with van der Waals surface area (Å²) >= 11 is 0. The molecule has 3 amide bonds. The largest absolute Gasteiger partial charge is 0.490 e. The Bertz CT molecular complexity index is 818. The van der Waals surface area contributed by atoms with Crippen LogP contribution < -0.4 is 20.3 Å². The highest BCUT2D eigenvalue weighted by molar-refractivity contribution is 6.02. The van der Waals surface area contributed by atoms with E-state index in [4.69, 9.17) is 4.74 Å². The Morgan fingerprint density at radius 3 is 2.50 bits per heavy atom. The first-order valence-corrected chi connectivity index (χ1v) is 8.62. The summed E-state index contributed by atoms with van der Waals surface area (Å²) in [5, 5.41) is 5.57. The minimum Gasteiger partial charge on any atom is -0.490 e. The molecule has 0 saturated carbocycles. The molecule has 6 heteroatoms. The molecule has 136 valence electrons. The van der Waals surface area contributed by atoms with Crippen LogP contribution in [-0.2, 0) is 4.79 Å². The fraction of sp³-hybridized carbons (Fsp3) is 0.300. The second-order valence-corrected chi connectivity index (χ2v) is 6.85. The Labute approximate surface area is 153 Å². The molecule has 2 N–H and O–H groups in total. The summed E-state index contributed by atoms with van der Waals surface area (Å²) in [5.74, 6) is 0.643. The van der Waals surface area contributed by atoms with Gasteiger partial charge < -0.3 is 20.3 Å². The molecule has 1 heterocycles. The van der Waals surface area contributed by atoms with Crippen molar-refractivity contribution in [3.63, 3.8) is 0 Å². The lowest BCUT2D eigenvalue weighted by Gasteiger charge is -2.27. The highest BCUT2D eigenvalue weighted by atomic mass is 16.5. The standard InChI is InChI=1S/C20H23N3O3/c1-4-23-16-12-15(22-19(25)21-14-8-6-5-7-9-14)10-11-17(16)26-13-20(2,3)18(23)24/h5-12H,4,13H2,1-3H3,(H2,21,22,25). The van der Waals surface area contributed by atoms with Gasteiger partial charge >= 0.3 is 6.03 Å². The van der Waals surface area contributed by atoms with Crippen LogP contribution in [0.15, 0.2) is 48.5 Å². The SMILES string of the molecule is CCN1C(=O)C(C)(C)COc2ccc(NC(=O)Nc3ccccc3)cc21. The van der Waals surface area contributed by atoms with Gasteiger partial charge in [0.2, 0.25) is 5.91 Å². The van der Waals surface area contributed by atoms with Crippen LogP contribution in [0.25, 0.3) is 0 Å². The maximum Gasteiger partial charge on any atom is 0.323 e. The minimum absolute atomic E-state index is 0.00429. The van der Waals surface area contributed by atoms with E-state index < -0.39 is 5.41 Å². The number of carbonyl (C=O) groups is 2. The number of hydrogen-bond acceptors (Lipinski definition) is 3. The van der Waals surface area contributed by atoms with E-state index in [0.717, 1.165) is 0 Å². The van der Waals surface area contributed by atoms with Crippen molar-refractivity contribution in [1.29, 1.82) is 0 Å². The van der Waals surface area contributed by atoms with Crippen LogP contribution in [-0.4, -0.2) is 25.1 Å². The molecule has 0 atom stereocenters. The van der Waals surface area contributed by atoms with E-state index in [-0.39, 0.29) is 11.9 Å². The second kappa shape index (κ2) is 7.07. The van der Waals surface area contributed by atoms with E-state index in [0.29, 0.717) is 36.0 Å². The summed E-state index contributed by atoms with van der Waals surface area (Å²) in [6.45, 7) is 6.51. The molecule has 0 saturated heterocycles. The van der Waals surface area contributed by atoms with Crippen molar-refractivity contribution in [3.05, 3.63) is 48.5 Å². The molecule has 2 aromatic carbocycles. The highest BCUT2D eigenvalue weighted by Gasteiger charge is 2.37. The zero-order valence-corrected chi connectivity index (χ0v) is 15.2. The zero-order chi connectivity index (χ0) is 18.7. The quantitative estimate of drug-likeness (QED) is 0.873. The molecule has 0 unspecified atom stereocenters. The molecule has 0 spiro atoms. The normalized spacial score (nSPS) is 15.5. The minimum atomic E-state index is -0.604. The van der Waals surface area contributed by atoms with Crippen LogP contribution in [0.5, 0.6) is 5.75 Å². The number of ether oxygens (including phenoxy) is 1. The van der Waals surface area contributed by atoms with Crippen molar-refractivity contribution in [2.24, 2.45) is 5.41 Å². The predicted molar refractivity (Wildman–Crippen MR) is 103 cm³/mol. The number of carbonyl (C=O) groups excluding carboxylic acids is 2. The summed E-state index contributed by atoms with van der Waals surface area (Å²) in [6, 6.07) is 14.2. The maximum atomic E-state index is 12.8. The van der Waals surface area contributed by atoms with Crippen molar-refractivity contribution >= 4 is 29.0 Å². The van der Waals surface area contributed by atoms with Crippen LogP contribution >= 0.6 is 0 Å². The van der Waals surface area contributed by atoms with Gasteiger partial charge in [0.05, 0.1) is 11.1 Å². The summed E-state index contributed by atoms with van der Waals surface area (Å²) in [5.41, 5.74) is 1.36. The molecular weight excluding hydrogens is 330 g/mol. The Morgan fingerprint density at radius 2 is 1.81 bits per heavy atom. The van der Waals surface area contributed by atoms with E-state index in [1.54, 1.807) is 23.1 Å². The Balaban J connectivity index is 1.82.